The van der Waals surface area contributed by atoms with Crippen LogP contribution in [0.15, 0.2) is 48.5 Å². The van der Waals surface area contributed by atoms with Gasteiger partial charge in [0.25, 0.3) is 0 Å². The highest BCUT2D eigenvalue weighted by molar-refractivity contribution is 5.87. The maximum atomic E-state index is 12.7. The van der Waals surface area contributed by atoms with Gasteiger partial charge in [-0.15, -0.1) is 0 Å². The Kier molecular flexibility index (Phi) is 4.92. The number of ether oxygens (including phenoxy) is 2. The fourth-order valence-corrected chi connectivity index (χ4v) is 2.97. The molecule has 3 N–H and O–H groups in total. The fraction of sp³-hybridized carbons (Fsp3) is 0.381. The second kappa shape index (κ2) is 7.00. The minimum absolute atomic E-state index is 0.200. The third kappa shape index (κ3) is 3.68. The highest BCUT2D eigenvalue weighted by atomic mass is 16.6. The second-order valence-electron chi connectivity index (χ2n) is 7.49. The summed E-state index contributed by atoms with van der Waals surface area (Å²) in [5.41, 5.74) is 6.79. The molecule has 1 aliphatic rings. The molecule has 5 heteroatoms. The first kappa shape index (κ1) is 18.3. The predicted molar refractivity (Wildman–Crippen MR) is 101 cm³/mol. The van der Waals surface area contributed by atoms with Crippen molar-refractivity contribution >= 4 is 5.91 Å². The van der Waals surface area contributed by atoms with E-state index < -0.39 is 5.54 Å². The van der Waals surface area contributed by atoms with E-state index >= 15 is 0 Å². The average molecular weight is 354 g/mol. The Hall–Kier alpha value is -2.53. The Labute approximate surface area is 154 Å². The molecule has 0 aliphatic carbocycles. The summed E-state index contributed by atoms with van der Waals surface area (Å²) in [6.07, 6.45) is 0. The lowest BCUT2D eigenvalue weighted by Crippen LogP contribution is -2.51. The fourth-order valence-electron chi connectivity index (χ4n) is 2.97. The van der Waals surface area contributed by atoms with Crippen LogP contribution in [-0.2, 0) is 15.7 Å². The van der Waals surface area contributed by atoms with Crippen molar-refractivity contribution in [3.8, 4) is 11.5 Å². The van der Waals surface area contributed by atoms with Crippen molar-refractivity contribution in [1.82, 2.24) is 5.32 Å². The van der Waals surface area contributed by atoms with Gasteiger partial charge in [0.2, 0.25) is 5.91 Å². The summed E-state index contributed by atoms with van der Waals surface area (Å²) in [4.78, 5) is 12.7. The highest BCUT2D eigenvalue weighted by Crippen LogP contribution is 2.35. The number of hydrogen-bond acceptors (Lipinski definition) is 4. The molecule has 2 aromatic rings. The van der Waals surface area contributed by atoms with Crippen molar-refractivity contribution < 1.29 is 14.3 Å². The van der Waals surface area contributed by atoms with Crippen molar-refractivity contribution in [2.45, 2.75) is 31.7 Å². The number of benzene rings is 2. The van der Waals surface area contributed by atoms with E-state index in [4.69, 9.17) is 15.2 Å². The Morgan fingerprint density at radius 3 is 2.35 bits per heavy atom. The van der Waals surface area contributed by atoms with Crippen LogP contribution in [0.1, 0.15) is 31.9 Å². The van der Waals surface area contributed by atoms with Crippen LogP contribution in [-0.4, -0.2) is 25.7 Å². The normalized spacial score (nSPS) is 15.8. The van der Waals surface area contributed by atoms with E-state index in [-0.39, 0.29) is 11.3 Å². The first-order valence-corrected chi connectivity index (χ1v) is 8.83. The van der Waals surface area contributed by atoms with Gasteiger partial charge in [0.15, 0.2) is 11.5 Å². The molecule has 0 saturated carbocycles. The van der Waals surface area contributed by atoms with Crippen molar-refractivity contribution in [1.29, 1.82) is 0 Å². The van der Waals surface area contributed by atoms with Crippen molar-refractivity contribution in [3.63, 3.8) is 0 Å². The Balaban J connectivity index is 1.71. The molecule has 0 saturated heterocycles. The lowest BCUT2D eigenvalue weighted by molar-refractivity contribution is -0.126. The number of amides is 1. The smallest absolute Gasteiger partial charge is 0.244 e. The summed E-state index contributed by atoms with van der Waals surface area (Å²) in [5, 5.41) is 3.00. The summed E-state index contributed by atoms with van der Waals surface area (Å²) in [5.74, 6) is 1.31. The lowest BCUT2D eigenvalue weighted by Gasteiger charge is -2.30. The molecule has 3 rings (SSSR count). The summed E-state index contributed by atoms with van der Waals surface area (Å²) >= 11 is 0. The summed E-state index contributed by atoms with van der Waals surface area (Å²) in [6, 6.07) is 15.3. The molecule has 1 aliphatic heterocycles. The predicted octanol–water partition coefficient (Wildman–Crippen LogP) is 2.73. The van der Waals surface area contributed by atoms with Gasteiger partial charge in [-0.1, -0.05) is 50.2 Å². The largest absolute Gasteiger partial charge is 0.486 e. The molecule has 1 heterocycles. The third-order valence-electron chi connectivity index (χ3n) is 4.86. The zero-order valence-electron chi connectivity index (χ0n) is 15.5. The van der Waals surface area contributed by atoms with Gasteiger partial charge in [0, 0.05) is 12.0 Å². The van der Waals surface area contributed by atoms with Crippen LogP contribution in [0.4, 0.5) is 0 Å². The molecular formula is C21H26N2O3. The summed E-state index contributed by atoms with van der Waals surface area (Å²) in [7, 11) is 0. The van der Waals surface area contributed by atoms with Gasteiger partial charge in [-0.25, -0.2) is 0 Å². The molecule has 0 bridgehead atoms. The molecule has 1 unspecified atom stereocenters. The third-order valence-corrected chi connectivity index (χ3v) is 4.86. The molecule has 2 aromatic carbocycles. The van der Waals surface area contributed by atoms with Crippen LogP contribution in [0.25, 0.3) is 0 Å². The Morgan fingerprint density at radius 2 is 1.65 bits per heavy atom. The molecule has 0 aromatic heterocycles. The van der Waals surface area contributed by atoms with Gasteiger partial charge in [0.05, 0.1) is 0 Å². The first-order valence-electron chi connectivity index (χ1n) is 8.83. The molecular weight excluding hydrogens is 328 g/mol. The number of carbonyl (C=O) groups excluding carboxylic acids is 1. The van der Waals surface area contributed by atoms with Crippen molar-refractivity contribution in [2.24, 2.45) is 5.73 Å². The van der Waals surface area contributed by atoms with E-state index in [1.165, 1.54) is 0 Å². The molecule has 26 heavy (non-hydrogen) atoms. The van der Waals surface area contributed by atoms with Gasteiger partial charge < -0.3 is 20.5 Å². The van der Waals surface area contributed by atoms with E-state index in [0.29, 0.717) is 19.8 Å². The maximum Gasteiger partial charge on any atom is 0.244 e. The van der Waals surface area contributed by atoms with Gasteiger partial charge in [-0.05, 0) is 30.2 Å². The van der Waals surface area contributed by atoms with E-state index in [0.717, 1.165) is 22.6 Å². The second-order valence-corrected chi connectivity index (χ2v) is 7.49. The SMILES string of the molecule is CC(C)(CNC(=O)C(C)(N)c1ccccc1)c1ccc2c(c1)OCCO2. The molecule has 0 spiro atoms. The van der Waals surface area contributed by atoms with Crippen LogP contribution in [0, 0.1) is 0 Å². The Morgan fingerprint density at radius 1 is 1.00 bits per heavy atom. The molecule has 0 radical (unpaired) electrons. The number of fused-ring (bicyclic) bond motifs is 1. The monoisotopic (exact) mass is 354 g/mol. The van der Waals surface area contributed by atoms with E-state index in [1.807, 2.05) is 48.5 Å². The quantitative estimate of drug-likeness (QED) is 0.866. The number of hydrogen-bond donors (Lipinski definition) is 2. The number of rotatable bonds is 5. The average Bonchev–Trinajstić information content (AvgIpc) is 2.66. The topological polar surface area (TPSA) is 73.6 Å². The molecule has 1 atom stereocenters. The standard InChI is InChI=1S/C21H26N2O3/c1-20(2,16-9-10-17-18(13-16)26-12-11-25-17)14-23-19(24)21(3,22)15-7-5-4-6-8-15/h4-10,13H,11-12,14,22H2,1-3H3,(H,23,24). The number of nitrogens with one attached hydrogen (secondary N) is 1. The lowest BCUT2D eigenvalue weighted by atomic mass is 9.83. The molecule has 138 valence electrons. The van der Waals surface area contributed by atoms with Crippen molar-refractivity contribution in [2.75, 3.05) is 19.8 Å². The Bertz CT molecular complexity index is 785. The first-order chi connectivity index (χ1) is 12.3. The zero-order chi connectivity index (χ0) is 18.8. The number of nitrogens with two attached hydrogens (primary N) is 1. The van der Waals surface area contributed by atoms with Gasteiger partial charge in [-0.3, -0.25) is 4.79 Å². The maximum absolute atomic E-state index is 12.7. The van der Waals surface area contributed by atoms with Crippen LogP contribution >= 0.6 is 0 Å². The van der Waals surface area contributed by atoms with Crippen molar-refractivity contribution in [3.05, 3.63) is 59.7 Å². The van der Waals surface area contributed by atoms with Crippen LogP contribution in [0.5, 0.6) is 11.5 Å². The van der Waals surface area contributed by atoms with Gasteiger partial charge >= 0.3 is 0 Å². The van der Waals surface area contributed by atoms with Crippen LogP contribution < -0.4 is 20.5 Å². The molecule has 5 nitrogen and oxygen atoms in total. The zero-order valence-corrected chi connectivity index (χ0v) is 15.5. The molecule has 0 fully saturated rings. The van der Waals surface area contributed by atoms with E-state index in [2.05, 4.69) is 19.2 Å². The highest BCUT2D eigenvalue weighted by Gasteiger charge is 2.32. The summed E-state index contributed by atoms with van der Waals surface area (Å²) in [6.45, 7) is 7.47. The van der Waals surface area contributed by atoms with E-state index in [9.17, 15) is 4.79 Å². The van der Waals surface area contributed by atoms with Gasteiger partial charge in [0.1, 0.15) is 18.8 Å². The summed E-state index contributed by atoms with van der Waals surface area (Å²) < 4.78 is 11.2. The van der Waals surface area contributed by atoms with Crippen LogP contribution in [0.2, 0.25) is 0 Å². The van der Waals surface area contributed by atoms with E-state index in [1.54, 1.807) is 6.92 Å². The minimum atomic E-state index is -1.08. The van der Waals surface area contributed by atoms with Gasteiger partial charge in [-0.2, -0.15) is 0 Å². The number of carbonyl (C=O) groups is 1. The van der Waals surface area contributed by atoms with Crippen LogP contribution in [0.3, 0.4) is 0 Å². The molecule has 1 amide bonds. The minimum Gasteiger partial charge on any atom is -0.486 e.